The summed E-state index contributed by atoms with van der Waals surface area (Å²) in [6.07, 6.45) is 2.89. The van der Waals surface area contributed by atoms with E-state index in [1.165, 1.54) is 11.3 Å². The molecule has 2 nitrogen and oxygen atoms in total. The Bertz CT molecular complexity index is 394. The molecule has 1 fully saturated rings. The van der Waals surface area contributed by atoms with Gasteiger partial charge in [0.05, 0.1) is 12.2 Å². The fourth-order valence-electron chi connectivity index (χ4n) is 2.83. The first-order valence-corrected chi connectivity index (χ1v) is 7.37. The molecule has 0 saturated carbocycles. The van der Waals surface area contributed by atoms with Crippen molar-refractivity contribution in [1.82, 2.24) is 0 Å². The highest BCUT2D eigenvalue weighted by atomic mass is 16.5. The van der Waals surface area contributed by atoms with Gasteiger partial charge in [0.15, 0.2) is 0 Å². The first-order valence-electron chi connectivity index (χ1n) is 7.37. The van der Waals surface area contributed by atoms with Gasteiger partial charge in [0.25, 0.3) is 0 Å². The highest BCUT2D eigenvalue weighted by Crippen LogP contribution is 2.26. The molecule has 19 heavy (non-hydrogen) atoms. The van der Waals surface area contributed by atoms with Crippen molar-refractivity contribution in [2.24, 2.45) is 0 Å². The summed E-state index contributed by atoms with van der Waals surface area (Å²) < 4.78 is 5.78. The zero-order valence-corrected chi connectivity index (χ0v) is 12.9. The third kappa shape index (κ3) is 3.97. The van der Waals surface area contributed by atoms with Crippen LogP contribution in [0.5, 0.6) is 0 Å². The zero-order valence-electron chi connectivity index (χ0n) is 12.9. The molecule has 1 aromatic carbocycles. The molecule has 2 unspecified atom stereocenters. The molecule has 0 amide bonds. The van der Waals surface area contributed by atoms with Gasteiger partial charge < -0.3 is 10.1 Å². The van der Waals surface area contributed by atoms with Crippen LogP contribution in [0.3, 0.4) is 0 Å². The highest BCUT2D eigenvalue weighted by Gasteiger charge is 2.24. The molecule has 1 aliphatic heterocycles. The van der Waals surface area contributed by atoms with Gasteiger partial charge in [-0.15, -0.1) is 0 Å². The van der Waals surface area contributed by atoms with E-state index in [-0.39, 0.29) is 5.41 Å². The monoisotopic (exact) mass is 261 g/mol. The number of hydrogen-bond donors (Lipinski definition) is 1. The lowest BCUT2D eigenvalue weighted by atomic mass is 9.87. The maximum atomic E-state index is 5.78. The smallest absolute Gasteiger partial charge is 0.0570 e. The normalized spacial score (nSPS) is 28.2. The largest absolute Gasteiger partial charge is 0.382 e. The summed E-state index contributed by atoms with van der Waals surface area (Å²) in [5.41, 5.74) is 2.83. The van der Waals surface area contributed by atoms with Gasteiger partial charge in [-0.2, -0.15) is 0 Å². The van der Waals surface area contributed by atoms with E-state index in [1.807, 2.05) is 0 Å². The van der Waals surface area contributed by atoms with Crippen LogP contribution in [0, 0.1) is 0 Å². The van der Waals surface area contributed by atoms with E-state index in [4.69, 9.17) is 4.74 Å². The topological polar surface area (TPSA) is 21.3 Å². The van der Waals surface area contributed by atoms with Crippen LogP contribution in [-0.4, -0.2) is 18.2 Å². The second kappa shape index (κ2) is 5.54. The summed E-state index contributed by atoms with van der Waals surface area (Å²) in [5, 5.41) is 3.64. The van der Waals surface area contributed by atoms with Crippen LogP contribution in [0.15, 0.2) is 24.3 Å². The van der Waals surface area contributed by atoms with Gasteiger partial charge in [-0.3, -0.25) is 0 Å². The molecule has 1 aliphatic rings. The van der Waals surface area contributed by atoms with Crippen LogP contribution in [-0.2, 0) is 10.2 Å². The van der Waals surface area contributed by atoms with E-state index in [1.54, 1.807) is 0 Å². The average molecular weight is 261 g/mol. The van der Waals surface area contributed by atoms with E-state index in [9.17, 15) is 0 Å². The van der Waals surface area contributed by atoms with Gasteiger partial charge in [0, 0.05) is 11.7 Å². The standard InChI is InChI=1S/C17H27NO/c1-12-10-16(11-13(2)19-12)18-15-8-6-14(7-9-15)17(3,4)5/h6-9,12-13,16,18H,10-11H2,1-5H3. The van der Waals surface area contributed by atoms with Gasteiger partial charge >= 0.3 is 0 Å². The molecule has 0 spiro atoms. The maximum Gasteiger partial charge on any atom is 0.0570 e. The SMILES string of the molecule is CC1CC(Nc2ccc(C(C)(C)C)cc2)CC(C)O1. The Balaban J connectivity index is 1.99. The summed E-state index contributed by atoms with van der Waals surface area (Å²) in [4.78, 5) is 0. The number of rotatable bonds is 2. The molecule has 0 aromatic heterocycles. The molecule has 2 rings (SSSR count). The zero-order chi connectivity index (χ0) is 14.0. The third-order valence-corrected chi connectivity index (χ3v) is 3.82. The summed E-state index contributed by atoms with van der Waals surface area (Å²) in [7, 11) is 0. The minimum atomic E-state index is 0.222. The van der Waals surface area contributed by atoms with E-state index in [0.29, 0.717) is 18.2 Å². The Labute approximate surface area is 117 Å². The molecule has 1 aromatic rings. The van der Waals surface area contributed by atoms with E-state index < -0.39 is 0 Å². The van der Waals surface area contributed by atoms with Gasteiger partial charge in [0.1, 0.15) is 0 Å². The summed E-state index contributed by atoms with van der Waals surface area (Å²) in [6, 6.07) is 9.39. The maximum absolute atomic E-state index is 5.78. The van der Waals surface area contributed by atoms with Crippen LogP contribution in [0.2, 0.25) is 0 Å². The van der Waals surface area contributed by atoms with Gasteiger partial charge in [-0.1, -0.05) is 32.9 Å². The van der Waals surface area contributed by atoms with Crippen LogP contribution < -0.4 is 5.32 Å². The predicted molar refractivity (Wildman–Crippen MR) is 81.8 cm³/mol. The first kappa shape index (κ1) is 14.4. The summed E-state index contributed by atoms with van der Waals surface area (Å²) >= 11 is 0. The van der Waals surface area contributed by atoms with Crippen molar-refractivity contribution >= 4 is 5.69 Å². The van der Waals surface area contributed by atoms with E-state index >= 15 is 0 Å². The molecule has 2 heteroatoms. The quantitative estimate of drug-likeness (QED) is 0.854. The van der Waals surface area contributed by atoms with Crippen molar-refractivity contribution in [3.05, 3.63) is 29.8 Å². The lowest BCUT2D eigenvalue weighted by molar-refractivity contribution is -0.0337. The number of hydrogen-bond acceptors (Lipinski definition) is 2. The van der Waals surface area contributed by atoms with Crippen LogP contribution in [0.25, 0.3) is 0 Å². The summed E-state index contributed by atoms with van der Waals surface area (Å²) in [5.74, 6) is 0. The second-order valence-electron chi connectivity index (χ2n) is 6.90. The number of anilines is 1. The van der Waals surface area contributed by atoms with Gasteiger partial charge in [0.2, 0.25) is 0 Å². The summed E-state index contributed by atoms with van der Waals surface area (Å²) in [6.45, 7) is 11.1. The Kier molecular flexibility index (Phi) is 4.19. The number of nitrogens with one attached hydrogen (secondary N) is 1. The van der Waals surface area contributed by atoms with Crippen LogP contribution in [0.1, 0.15) is 53.0 Å². The molecular formula is C17H27NO. The second-order valence-corrected chi connectivity index (χ2v) is 6.90. The number of ether oxygens (including phenoxy) is 1. The van der Waals surface area contributed by atoms with E-state index in [0.717, 1.165) is 12.8 Å². The Morgan fingerprint density at radius 3 is 2.00 bits per heavy atom. The third-order valence-electron chi connectivity index (χ3n) is 3.82. The minimum absolute atomic E-state index is 0.222. The molecule has 0 radical (unpaired) electrons. The van der Waals surface area contributed by atoms with Crippen molar-refractivity contribution in [1.29, 1.82) is 0 Å². The molecule has 0 aliphatic carbocycles. The molecule has 1 N–H and O–H groups in total. The highest BCUT2D eigenvalue weighted by molar-refractivity contribution is 5.46. The molecule has 1 heterocycles. The van der Waals surface area contributed by atoms with Crippen LogP contribution in [0.4, 0.5) is 5.69 Å². The van der Waals surface area contributed by atoms with Crippen molar-refractivity contribution < 1.29 is 4.74 Å². The molecule has 1 saturated heterocycles. The Morgan fingerprint density at radius 1 is 1.00 bits per heavy atom. The lowest BCUT2D eigenvalue weighted by Crippen LogP contribution is -2.36. The van der Waals surface area contributed by atoms with Gasteiger partial charge in [-0.05, 0) is 49.8 Å². The van der Waals surface area contributed by atoms with Crippen molar-refractivity contribution in [3.8, 4) is 0 Å². The average Bonchev–Trinajstić information content (AvgIpc) is 2.26. The fourth-order valence-corrected chi connectivity index (χ4v) is 2.83. The molecular weight excluding hydrogens is 234 g/mol. The number of benzene rings is 1. The molecule has 106 valence electrons. The van der Waals surface area contributed by atoms with Crippen molar-refractivity contribution in [3.63, 3.8) is 0 Å². The first-order chi connectivity index (χ1) is 8.84. The lowest BCUT2D eigenvalue weighted by Gasteiger charge is -2.33. The Hall–Kier alpha value is -1.02. The molecule has 2 atom stereocenters. The minimum Gasteiger partial charge on any atom is -0.382 e. The van der Waals surface area contributed by atoms with E-state index in [2.05, 4.69) is 64.2 Å². The van der Waals surface area contributed by atoms with Crippen molar-refractivity contribution in [2.45, 2.75) is 71.1 Å². The fraction of sp³-hybridized carbons (Fsp3) is 0.647. The predicted octanol–water partition coefficient (Wildman–Crippen LogP) is 4.35. The van der Waals surface area contributed by atoms with Crippen molar-refractivity contribution in [2.75, 3.05) is 5.32 Å². The van der Waals surface area contributed by atoms with Crippen LogP contribution >= 0.6 is 0 Å². The molecule has 0 bridgehead atoms. The Morgan fingerprint density at radius 2 is 1.53 bits per heavy atom. The van der Waals surface area contributed by atoms with Gasteiger partial charge in [-0.25, -0.2) is 0 Å².